The third-order valence-electron chi connectivity index (χ3n) is 3.90. The number of nitrogens with zero attached hydrogens (tertiary/aromatic N) is 1. The van der Waals surface area contributed by atoms with E-state index in [0.29, 0.717) is 39.0 Å². The van der Waals surface area contributed by atoms with Gasteiger partial charge < -0.3 is 14.7 Å². The lowest BCUT2D eigenvalue weighted by molar-refractivity contribution is -0.152. The number of piperidine rings is 1. The molecule has 120 valence electrons. The van der Waals surface area contributed by atoms with Crippen molar-refractivity contribution in [1.29, 1.82) is 0 Å². The Morgan fingerprint density at radius 2 is 2.00 bits per heavy atom. The lowest BCUT2D eigenvalue weighted by atomic mass is 10.0. The van der Waals surface area contributed by atoms with Crippen LogP contribution in [-0.4, -0.2) is 41.1 Å². The highest BCUT2D eigenvalue weighted by atomic mass is 16.5. The number of amides is 1. The number of carbonyl (C=O) groups excluding carboxylic acids is 1. The molecule has 2 rings (SSSR count). The second-order valence-corrected chi connectivity index (χ2v) is 5.58. The van der Waals surface area contributed by atoms with Gasteiger partial charge in [-0.2, -0.15) is 0 Å². The Balaban J connectivity index is 1.67. The molecule has 22 heavy (non-hydrogen) atoms. The fraction of sp³-hybridized carbons (Fsp3) is 0.529. The first-order chi connectivity index (χ1) is 10.7. The van der Waals surface area contributed by atoms with Crippen molar-refractivity contribution in [1.82, 2.24) is 4.90 Å². The van der Waals surface area contributed by atoms with Crippen LogP contribution >= 0.6 is 0 Å². The minimum atomic E-state index is -0.895. The van der Waals surface area contributed by atoms with Crippen LogP contribution in [0, 0.1) is 0 Å². The average molecular weight is 305 g/mol. The van der Waals surface area contributed by atoms with Gasteiger partial charge in [-0.1, -0.05) is 30.3 Å². The van der Waals surface area contributed by atoms with E-state index in [1.165, 1.54) is 4.90 Å². The molecule has 1 amide bonds. The summed E-state index contributed by atoms with van der Waals surface area (Å²) >= 11 is 0. The molecule has 1 aliphatic rings. The maximum atomic E-state index is 12.2. The lowest BCUT2D eigenvalue weighted by Gasteiger charge is -2.33. The number of rotatable bonds is 7. The third-order valence-corrected chi connectivity index (χ3v) is 3.90. The van der Waals surface area contributed by atoms with E-state index in [1.54, 1.807) is 0 Å². The number of hydrogen-bond donors (Lipinski definition) is 1. The fourth-order valence-corrected chi connectivity index (χ4v) is 2.72. The van der Waals surface area contributed by atoms with Crippen LogP contribution in [0.15, 0.2) is 30.3 Å². The number of hydrogen-bond acceptors (Lipinski definition) is 3. The van der Waals surface area contributed by atoms with Crippen molar-refractivity contribution in [3.8, 4) is 0 Å². The van der Waals surface area contributed by atoms with Gasteiger partial charge in [-0.25, -0.2) is 4.79 Å². The highest BCUT2D eigenvalue weighted by molar-refractivity contribution is 5.83. The zero-order valence-electron chi connectivity index (χ0n) is 12.7. The van der Waals surface area contributed by atoms with Crippen molar-refractivity contribution >= 4 is 11.9 Å². The minimum absolute atomic E-state index is 0.0737. The monoisotopic (exact) mass is 305 g/mol. The zero-order valence-corrected chi connectivity index (χ0v) is 12.7. The number of carbonyl (C=O) groups is 2. The molecule has 1 aliphatic heterocycles. The van der Waals surface area contributed by atoms with Gasteiger partial charge in [0.15, 0.2) is 0 Å². The van der Waals surface area contributed by atoms with E-state index in [-0.39, 0.29) is 5.91 Å². The Kier molecular flexibility index (Phi) is 6.40. The number of likely N-dealkylation sites (tertiary alicyclic amines) is 1. The van der Waals surface area contributed by atoms with E-state index in [4.69, 9.17) is 4.74 Å². The summed E-state index contributed by atoms with van der Waals surface area (Å²) in [5, 5.41) is 9.17. The summed E-state index contributed by atoms with van der Waals surface area (Å²) in [6, 6.07) is 9.23. The Labute approximate surface area is 130 Å². The van der Waals surface area contributed by atoms with E-state index >= 15 is 0 Å². The standard InChI is InChI=1S/C17H23NO4/c19-16(18-11-5-4-9-15(18)17(20)21)10-6-12-22-13-14-7-2-1-3-8-14/h1-3,7-8,15H,4-6,9-13H2,(H,20,21). The Morgan fingerprint density at radius 3 is 2.73 bits per heavy atom. The Bertz CT molecular complexity index is 489. The maximum absolute atomic E-state index is 12.2. The first kappa shape index (κ1) is 16.5. The number of carboxylic acids is 1. The van der Waals surface area contributed by atoms with Crippen LogP contribution in [0.1, 0.15) is 37.7 Å². The highest BCUT2D eigenvalue weighted by Gasteiger charge is 2.31. The van der Waals surface area contributed by atoms with Gasteiger partial charge in [0.25, 0.3) is 0 Å². The minimum Gasteiger partial charge on any atom is -0.480 e. The van der Waals surface area contributed by atoms with Gasteiger partial charge in [-0.15, -0.1) is 0 Å². The van der Waals surface area contributed by atoms with E-state index in [9.17, 15) is 14.7 Å². The molecule has 5 nitrogen and oxygen atoms in total. The molecule has 1 saturated heterocycles. The number of benzene rings is 1. The molecule has 5 heteroatoms. The van der Waals surface area contributed by atoms with Crippen LogP contribution in [-0.2, 0) is 20.9 Å². The molecule has 0 bridgehead atoms. The Hall–Kier alpha value is -1.88. The molecule has 1 N–H and O–H groups in total. The van der Waals surface area contributed by atoms with Crippen LogP contribution in [0.4, 0.5) is 0 Å². The van der Waals surface area contributed by atoms with Gasteiger partial charge in [-0.3, -0.25) is 4.79 Å². The van der Waals surface area contributed by atoms with E-state index < -0.39 is 12.0 Å². The normalized spacial score (nSPS) is 18.2. The van der Waals surface area contributed by atoms with Crippen LogP contribution in [0.3, 0.4) is 0 Å². The van der Waals surface area contributed by atoms with Crippen LogP contribution in [0.2, 0.25) is 0 Å². The molecule has 1 atom stereocenters. The number of carboxylic acid groups (broad SMARTS) is 1. The summed E-state index contributed by atoms with van der Waals surface area (Å²) in [7, 11) is 0. The summed E-state index contributed by atoms with van der Waals surface area (Å²) < 4.78 is 5.54. The molecule has 0 saturated carbocycles. The van der Waals surface area contributed by atoms with Crippen molar-refractivity contribution in [2.24, 2.45) is 0 Å². The second-order valence-electron chi connectivity index (χ2n) is 5.58. The predicted octanol–water partition coefficient (Wildman–Crippen LogP) is 2.45. The topological polar surface area (TPSA) is 66.8 Å². The van der Waals surface area contributed by atoms with Gasteiger partial charge in [0.1, 0.15) is 6.04 Å². The number of ether oxygens (including phenoxy) is 1. The smallest absolute Gasteiger partial charge is 0.326 e. The quantitative estimate of drug-likeness (QED) is 0.786. The maximum Gasteiger partial charge on any atom is 0.326 e. The molecular weight excluding hydrogens is 282 g/mol. The van der Waals surface area contributed by atoms with Crippen LogP contribution < -0.4 is 0 Å². The first-order valence-corrected chi connectivity index (χ1v) is 7.82. The largest absolute Gasteiger partial charge is 0.480 e. The summed E-state index contributed by atoms with van der Waals surface area (Å²) in [6.45, 7) is 1.60. The SMILES string of the molecule is O=C(O)C1CCCCN1C(=O)CCCOCc1ccccc1. The summed E-state index contributed by atoms with van der Waals surface area (Å²) in [6.07, 6.45) is 3.29. The first-order valence-electron chi connectivity index (χ1n) is 7.82. The summed E-state index contributed by atoms with van der Waals surface area (Å²) in [5.41, 5.74) is 1.11. The lowest BCUT2D eigenvalue weighted by Crippen LogP contribution is -2.47. The Morgan fingerprint density at radius 1 is 1.23 bits per heavy atom. The molecule has 0 radical (unpaired) electrons. The van der Waals surface area contributed by atoms with Gasteiger partial charge >= 0.3 is 5.97 Å². The van der Waals surface area contributed by atoms with E-state index in [1.807, 2.05) is 30.3 Å². The second kappa shape index (κ2) is 8.54. The number of aliphatic carboxylic acids is 1. The molecule has 0 aliphatic carbocycles. The van der Waals surface area contributed by atoms with E-state index in [2.05, 4.69) is 0 Å². The van der Waals surface area contributed by atoms with Crippen LogP contribution in [0.5, 0.6) is 0 Å². The van der Waals surface area contributed by atoms with E-state index in [0.717, 1.165) is 18.4 Å². The van der Waals surface area contributed by atoms with Crippen molar-refractivity contribution in [2.45, 2.75) is 44.8 Å². The molecular formula is C17H23NO4. The van der Waals surface area contributed by atoms with Crippen molar-refractivity contribution in [3.63, 3.8) is 0 Å². The molecule has 1 fully saturated rings. The molecule has 1 heterocycles. The van der Waals surface area contributed by atoms with Crippen molar-refractivity contribution in [3.05, 3.63) is 35.9 Å². The molecule has 1 aromatic carbocycles. The highest BCUT2D eigenvalue weighted by Crippen LogP contribution is 2.18. The average Bonchev–Trinajstić information content (AvgIpc) is 2.55. The molecule has 0 spiro atoms. The van der Waals surface area contributed by atoms with Gasteiger partial charge in [0, 0.05) is 19.6 Å². The summed E-state index contributed by atoms with van der Waals surface area (Å²) in [5.74, 6) is -0.969. The molecule has 1 aromatic rings. The predicted molar refractivity (Wildman–Crippen MR) is 82.3 cm³/mol. The van der Waals surface area contributed by atoms with Crippen molar-refractivity contribution < 1.29 is 19.4 Å². The summed E-state index contributed by atoms with van der Waals surface area (Å²) in [4.78, 5) is 24.9. The fourth-order valence-electron chi connectivity index (χ4n) is 2.72. The van der Waals surface area contributed by atoms with Gasteiger partial charge in [-0.05, 0) is 31.2 Å². The van der Waals surface area contributed by atoms with Gasteiger partial charge in [0.05, 0.1) is 6.61 Å². The molecule has 0 aromatic heterocycles. The van der Waals surface area contributed by atoms with Crippen LogP contribution in [0.25, 0.3) is 0 Å². The van der Waals surface area contributed by atoms with Crippen molar-refractivity contribution in [2.75, 3.05) is 13.2 Å². The van der Waals surface area contributed by atoms with Gasteiger partial charge in [0.2, 0.25) is 5.91 Å². The zero-order chi connectivity index (χ0) is 15.8. The molecule has 1 unspecified atom stereocenters. The third kappa shape index (κ3) is 4.84.